The van der Waals surface area contributed by atoms with E-state index < -0.39 is 16.1 Å². The van der Waals surface area contributed by atoms with Gasteiger partial charge in [0.1, 0.15) is 0 Å². The molecule has 0 radical (unpaired) electrons. The van der Waals surface area contributed by atoms with E-state index in [2.05, 4.69) is 59.2 Å². The molecule has 0 heterocycles. The summed E-state index contributed by atoms with van der Waals surface area (Å²) in [5.41, 5.74) is 3.00. The zero-order chi connectivity index (χ0) is 20.4. The van der Waals surface area contributed by atoms with Crippen molar-refractivity contribution in [2.24, 2.45) is 0 Å². The SMILES string of the molecule is C[Si](C)(C)C1=C2CCCCCC2=C([Si](C)(C)C)C1=O.[C-]#[O+].[C-]#[O+].[C-]#[O+].[Fe]. The molecule has 0 bridgehead atoms. The van der Waals surface area contributed by atoms with Crippen LogP contribution in [0.25, 0.3) is 0 Å². The molecule has 2 aliphatic carbocycles. The number of hydrogen-bond acceptors (Lipinski definition) is 1. The molecule has 0 atom stereocenters. The second kappa shape index (κ2) is 13.5. The van der Waals surface area contributed by atoms with E-state index >= 15 is 0 Å². The monoisotopic (exact) mass is 432 g/mol. The smallest absolute Gasteiger partial charge is 0 e. The van der Waals surface area contributed by atoms with Crippen LogP contribution in [-0.2, 0) is 35.8 Å². The summed E-state index contributed by atoms with van der Waals surface area (Å²) in [5, 5.41) is 2.56. The average molecular weight is 432 g/mol. The summed E-state index contributed by atoms with van der Waals surface area (Å²) in [7, 11) is -3.06. The van der Waals surface area contributed by atoms with Gasteiger partial charge >= 0.3 is 33.9 Å². The van der Waals surface area contributed by atoms with E-state index in [-0.39, 0.29) is 17.1 Å². The van der Waals surface area contributed by atoms with E-state index in [0.29, 0.717) is 5.78 Å². The van der Waals surface area contributed by atoms with Crippen LogP contribution >= 0.6 is 0 Å². The van der Waals surface area contributed by atoms with E-state index in [4.69, 9.17) is 14.0 Å². The van der Waals surface area contributed by atoms with Crippen LogP contribution in [0.2, 0.25) is 39.3 Å². The first kappa shape index (κ1) is 30.1. The molecule has 0 unspecified atom stereocenters. The minimum absolute atomic E-state index is 0. The molecule has 2 aliphatic rings. The van der Waals surface area contributed by atoms with E-state index in [0.717, 1.165) is 12.8 Å². The van der Waals surface area contributed by atoms with Crippen molar-refractivity contribution in [2.75, 3.05) is 0 Å². The van der Waals surface area contributed by atoms with Crippen molar-refractivity contribution in [1.29, 1.82) is 0 Å². The fraction of sp³-hybridized carbons (Fsp3) is 0.579. The van der Waals surface area contributed by atoms with Gasteiger partial charge in [0.05, 0.1) is 16.1 Å². The third-order valence-electron chi connectivity index (χ3n) is 4.28. The second-order valence-corrected chi connectivity index (χ2v) is 18.1. The minimum Gasteiger partial charge on any atom is 0 e. The van der Waals surface area contributed by atoms with Crippen LogP contribution in [0.1, 0.15) is 32.1 Å². The van der Waals surface area contributed by atoms with Crippen LogP contribution in [0, 0.1) is 20.0 Å². The van der Waals surface area contributed by atoms with Gasteiger partial charge in [-0.3, -0.25) is 4.79 Å². The summed E-state index contributed by atoms with van der Waals surface area (Å²) < 4.78 is 22.5. The van der Waals surface area contributed by atoms with Gasteiger partial charge in [0.2, 0.25) is 0 Å². The molecule has 4 nitrogen and oxygen atoms in total. The fourth-order valence-corrected chi connectivity index (χ4v) is 7.72. The van der Waals surface area contributed by atoms with Crippen LogP contribution in [0.5, 0.6) is 0 Å². The van der Waals surface area contributed by atoms with Crippen molar-refractivity contribution >= 4 is 21.9 Å². The molecule has 0 amide bonds. The Morgan fingerprint density at radius 1 is 0.654 bits per heavy atom. The molecule has 0 aromatic heterocycles. The van der Waals surface area contributed by atoms with Crippen molar-refractivity contribution in [2.45, 2.75) is 71.4 Å². The predicted molar refractivity (Wildman–Crippen MR) is 101 cm³/mol. The van der Waals surface area contributed by atoms with E-state index in [9.17, 15) is 4.79 Å². The van der Waals surface area contributed by atoms with E-state index in [1.54, 1.807) is 0 Å². The molecule has 26 heavy (non-hydrogen) atoms. The summed E-state index contributed by atoms with van der Waals surface area (Å²) in [5.74, 6) is 0.463. The summed E-state index contributed by atoms with van der Waals surface area (Å²) in [6.07, 6.45) is 6.21. The summed E-state index contributed by atoms with van der Waals surface area (Å²) >= 11 is 0. The molecule has 0 aromatic carbocycles. The molecule has 7 heteroatoms. The van der Waals surface area contributed by atoms with Crippen molar-refractivity contribution in [3.8, 4) is 0 Å². The molecular weight excluding hydrogens is 404 g/mol. The molecule has 0 spiro atoms. The molecule has 0 saturated heterocycles. The van der Waals surface area contributed by atoms with Gasteiger partial charge in [-0.15, -0.1) is 0 Å². The number of rotatable bonds is 2. The third kappa shape index (κ3) is 7.52. The average Bonchev–Trinajstić information content (AvgIpc) is 2.69. The Morgan fingerprint density at radius 3 is 1.15 bits per heavy atom. The van der Waals surface area contributed by atoms with Gasteiger partial charge < -0.3 is 0 Å². The Morgan fingerprint density at radius 2 is 0.923 bits per heavy atom. The van der Waals surface area contributed by atoms with Gasteiger partial charge in [-0.25, -0.2) is 0 Å². The van der Waals surface area contributed by atoms with Gasteiger partial charge in [0.15, 0.2) is 5.78 Å². The van der Waals surface area contributed by atoms with Crippen LogP contribution in [0.3, 0.4) is 0 Å². The van der Waals surface area contributed by atoms with Crippen LogP contribution < -0.4 is 0 Å². The quantitative estimate of drug-likeness (QED) is 0.352. The fourth-order valence-electron chi connectivity index (χ4n) is 3.62. The van der Waals surface area contributed by atoms with Crippen molar-refractivity contribution in [3.63, 3.8) is 0 Å². The maximum atomic E-state index is 13.0. The van der Waals surface area contributed by atoms with Gasteiger partial charge in [-0.05, 0) is 47.2 Å². The topological polar surface area (TPSA) is 76.8 Å². The molecule has 1 fully saturated rings. The third-order valence-corrected chi connectivity index (χ3v) is 8.33. The summed E-state index contributed by atoms with van der Waals surface area (Å²) in [6.45, 7) is 27.5. The number of hydrogen-bond donors (Lipinski definition) is 0. The molecule has 1 saturated carbocycles. The molecule has 0 aromatic rings. The van der Waals surface area contributed by atoms with Gasteiger partial charge in [-0.1, -0.05) is 45.7 Å². The zero-order valence-electron chi connectivity index (χ0n) is 16.5. The first-order valence-electron chi connectivity index (χ1n) is 8.27. The van der Waals surface area contributed by atoms with Crippen molar-refractivity contribution in [1.82, 2.24) is 0 Å². The first-order valence-corrected chi connectivity index (χ1v) is 15.3. The minimum atomic E-state index is -1.53. The number of Topliss-reactive ketones (excluding diaryl/α,β-unsaturated/α-hetero) is 1. The number of carbonyl (C=O) groups excluding carboxylic acids is 1. The summed E-state index contributed by atoms with van der Waals surface area (Å²) in [4.78, 5) is 13.0. The standard InChI is InChI=1S/C16H28OSi2.3CO.Fe/c1-18(2,3)15-12-10-8-7-9-11-13(12)16(14(15)17)19(4,5)6;3*1-2;/h7-11H2,1-6H3;;;;. The molecule has 0 aliphatic heterocycles. The molecular formula is C19H28FeO4Si2. The Kier molecular flexibility index (Phi) is 15.6. The first-order chi connectivity index (χ1) is 11.6. The molecule has 144 valence electrons. The number of ketones is 1. The Bertz CT molecular complexity index is 543. The Balaban J connectivity index is -0.000000686. The second-order valence-electron chi connectivity index (χ2n) is 8.10. The van der Waals surface area contributed by atoms with Crippen LogP contribution in [0.4, 0.5) is 0 Å². The van der Waals surface area contributed by atoms with Crippen LogP contribution in [0.15, 0.2) is 21.5 Å². The number of allylic oxidation sites excluding steroid dienone is 4. The molecule has 2 rings (SSSR count). The van der Waals surface area contributed by atoms with Crippen molar-refractivity contribution in [3.05, 3.63) is 41.5 Å². The van der Waals surface area contributed by atoms with E-state index in [1.807, 2.05) is 0 Å². The maximum absolute atomic E-state index is 13.0. The zero-order valence-corrected chi connectivity index (χ0v) is 19.6. The largest absolute Gasteiger partial charge is 0 e. The number of carbonyl (C=O) groups is 1. The van der Waals surface area contributed by atoms with Gasteiger partial charge in [-0.2, -0.15) is 0 Å². The predicted octanol–water partition coefficient (Wildman–Crippen LogP) is 4.77. The Labute approximate surface area is 170 Å². The maximum Gasteiger partial charge on any atom is 0 e. The number of fused-ring (bicyclic) bond motifs is 1. The van der Waals surface area contributed by atoms with Crippen LogP contribution in [-0.4, -0.2) is 21.9 Å². The normalized spacial score (nSPS) is 16.2. The summed E-state index contributed by atoms with van der Waals surface area (Å²) in [6, 6.07) is 0. The van der Waals surface area contributed by atoms with E-state index in [1.165, 1.54) is 40.8 Å². The molecule has 0 N–H and O–H groups in total. The van der Waals surface area contributed by atoms with Gasteiger partial charge in [0, 0.05) is 17.1 Å². The van der Waals surface area contributed by atoms with Crippen molar-refractivity contribution < 1.29 is 35.8 Å². The Hall–Kier alpha value is -0.677. The van der Waals surface area contributed by atoms with Gasteiger partial charge in [0.25, 0.3) is 0 Å².